The molecule has 0 saturated carbocycles. The number of rotatable bonds is 7. The van der Waals surface area contributed by atoms with Gasteiger partial charge in [-0.3, -0.25) is 13.9 Å². The molecule has 0 aliphatic carbocycles. The smallest absolute Gasteiger partial charge is 0.331 e. The molecule has 0 radical (unpaired) electrons. The van der Waals surface area contributed by atoms with E-state index in [-0.39, 0.29) is 18.7 Å². The van der Waals surface area contributed by atoms with Crippen molar-refractivity contribution in [3.63, 3.8) is 0 Å². The standard InChI is InChI=1S/C22H25N3O4/c1-2-8-16-9-5-6-11-20(16)29-15-17(26)14-25-21(27)18(13-23)19-10-4-3-7-12-24(19)22(25)28/h2,5-6,9,11,17,26H,1,3-4,7-8,10,12,14-15H2/t17-/m0/s1. The summed E-state index contributed by atoms with van der Waals surface area (Å²) in [5.41, 5.74) is 0.328. The van der Waals surface area contributed by atoms with E-state index in [1.807, 2.05) is 24.3 Å². The van der Waals surface area contributed by atoms with Crippen LogP contribution < -0.4 is 16.0 Å². The maximum Gasteiger partial charge on any atom is 0.331 e. The van der Waals surface area contributed by atoms with Crippen LogP contribution in [0.25, 0.3) is 0 Å². The van der Waals surface area contributed by atoms with E-state index in [1.165, 1.54) is 4.57 Å². The number of hydrogen-bond acceptors (Lipinski definition) is 5. The molecule has 1 aliphatic rings. The minimum Gasteiger partial charge on any atom is -0.491 e. The molecule has 1 N–H and O–H groups in total. The molecule has 1 atom stereocenters. The zero-order valence-corrected chi connectivity index (χ0v) is 16.3. The third kappa shape index (κ3) is 4.49. The molecule has 2 heterocycles. The van der Waals surface area contributed by atoms with Crippen molar-refractivity contribution in [2.24, 2.45) is 0 Å². The van der Waals surface area contributed by atoms with Crippen LogP contribution in [-0.4, -0.2) is 27.0 Å². The summed E-state index contributed by atoms with van der Waals surface area (Å²) >= 11 is 0. The summed E-state index contributed by atoms with van der Waals surface area (Å²) in [6.45, 7) is 3.89. The van der Waals surface area contributed by atoms with Gasteiger partial charge in [-0.25, -0.2) is 4.79 Å². The minimum atomic E-state index is -1.08. The Morgan fingerprint density at radius 3 is 2.83 bits per heavy atom. The highest BCUT2D eigenvalue weighted by Crippen LogP contribution is 2.19. The summed E-state index contributed by atoms with van der Waals surface area (Å²) in [7, 11) is 0. The monoisotopic (exact) mass is 395 g/mol. The molecule has 0 saturated heterocycles. The van der Waals surface area contributed by atoms with Gasteiger partial charge in [-0.1, -0.05) is 30.7 Å². The van der Waals surface area contributed by atoms with Gasteiger partial charge in [-0.15, -0.1) is 6.58 Å². The lowest BCUT2D eigenvalue weighted by Gasteiger charge is -2.18. The zero-order chi connectivity index (χ0) is 20.8. The fraction of sp³-hybridized carbons (Fsp3) is 0.409. The SMILES string of the molecule is C=CCc1ccccc1OC[C@@H](O)Cn1c(=O)c(C#N)c2n(c1=O)CCCCC2. The van der Waals surface area contributed by atoms with Crippen LogP contribution in [0.3, 0.4) is 0 Å². The Balaban J connectivity index is 1.82. The summed E-state index contributed by atoms with van der Waals surface area (Å²) in [5.74, 6) is 0.621. The number of ether oxygens (including phenoxy) is 1. The summed E-state index contributed by atoms with van der Waals surface area (Å²) in [6, 6.07) is 9.38. The summed E-state index contributed by atoms with van der Waals surface area (Å²) in [4.78, 5) is 25.6. The Kier molecular flexibility index (Phi) is 6.68. The molecule has 29 heavy (non-hydrogen) atoms. The van der Waals surface area contributed by atoms with Gasteiger partial charge in [0.15, 0.2) is 0 Å². The second-order valence-electron chi connectivity index (χ2n) is 7.16. The first-order valence-electron chi connectivity index (χ1n) is 9.83. The number of aliphatic hydroxyl groups is 1. The lowest BCUT2D eigenvalue weighted by atomic mass is 10.1. The fourth-order valence-electron chi connectivity index (χ4n) is 3.66. The Labute approximate surface area is 169 Å². The van der Waals surface area contributed by atoms with E-state index in [0.29, 0.717) is 30.8 Å². The van der Waals surface area contributed by atoms with Crippen LogP contribution >= 0.6 is 0 Å². The molecule has 0 fully saturated rings. The first-order valence-corrected chi connectivity index (χ1v) is 9.83. The average Bonchev–Trinajstić information content (AvgIpc) is 2.97. The number of hydrogen-bond donors (Lipinski definition) is 1. The maximum atomic E-state index is 12.9. The van der Waals surface area contributed by atoms with Crippen LogP contribution in [0, 0.1) is 11.3 Å². The first kappa shape index (κ1) is 20.6. The van der Waals surface area contributed by atoms with E-state index in [1.54, 1.807) is 12.1 Å². The van der Waals surface area contributed by atoms with Gasteiger partial charge in [0.25, 0.3) is 5.56 Å². The van der Waals surface area contributed by atoms with Gasteiger partial charge in [0.05, 0.1) is 6.54 Å². The van der Waals surface area contributed by atoms with Crippen LogP contribution in [0.1, 0.15) is 36.1 Å². The van der Waals surface area contributed by atoms with E-state index in [0.717, 1.165) is 29.4 Å². The number of allylic oxidation sites excluding steroid dienone is 1. The van der Waals surface area contributed by atoms with Crippen molar-refractivity contribution in [3.05, 3.63) is 74.6 Å². The Bertz CT molecular complexity index is 1050. The van der Waals surface area contributed by atoms with E-state index >= 15 is 0 Å². The number of fused-ring (bicyclic) bond motifs is 1. The molecule has 0 bridgehead atoms. The topological polar surface area (TPSA) is 97.2 Å². The van der Waals surface area contributed by atoms with E-state index < -0.39 is 17.4 Å². The molecule has 7 nitrogen and oxygen atoms in total. The first-order chi connectivity index (χ1) is 14.1. The largest absolute Gasteiger partial charge is 0.491 e. The van der Waals surface area contributed by atoms with Gasteiger partial charge >= 0.3 is 5.69 Å². The predicted octanol–water partition coefficient (Wildman–Crippen LogP) is 1.78. The van der Waals surface area contributed by atoms with Crippen LogP contribution in [-0.2, 0) is 25.9 Å². The van der Waals surface area contributed by atoms with Crippen molar-refractivity contribution in [2.75, 3.05) is 6.61 Å². The lowest BCUT2D eigenvalue weighted by Crippen LogP contribution is -2.45. The molecule has 3 rings (SSSR count). The van der Waals surface area contributed by atoms with Crippen LogP contribution in [0.15, 0.2) is 46.5 Å². The molecule has 1 aliphatic heterocycles. The minimum absolute atomic E-state index is 0.00375. The van der Waals surface area contributed by atoms with Gasteiger partial charge in [0.1, 0.15) is 30.1 Å². The van der Waals surface area contributed by atoms with Crippen LogP contribution in [0.5, 0.6) is 5.75 Å². The average molecular weight is 395 g/mol. The van der Waals surface area contributed by atoms with Gasteiger partial charge in [-0.2, -0.15) is 5.26 Å². The Morgan fingerprint density at radius 2 is 2.07 bits per heavy atom. The van der Waals surface area contributed by atoms with E-state index in [4.69, 9.17) is 4.74 Å². The molecular formula is C22H25N3O4. The number of benzene rings is 1. The number of nitrogens with zero attached hydrogens (tertiary/aromatic N) is 3. The second kappa shape index (κ2) is 9.39. The summed E-state index contributed by atoms with van der Waals surface area (Å²) < 4.78 is 8.17. The molecule has 7 heteroatoms. The predicted molar refractivity (Wildman–Crippen MR) is 109 cm³/mol. The third-order valence-electron chi connectivity index (χ3n) is 5.10. The number of nitriles is 1. The van der Waals surface area contributed by atoms with Crippen molar-refractivity contribution in [2.45, 2.75) is 51.3 Å². The van der Waals surface area contributed by atoms with Crippen molar-refractivity contribution >= 4 is 0 Å². The van der Waals surface area contributed by atoms with Crippen LogP contribution in [0.2, 0.25) is 0 Å². The molecule has 1 aromatic carbocycles. The van der Waals surface area contributed by atoms with Crippen molar-refractivity contribution in [1.82, 2.24) is 9.13 Å². The molecule has 0 spiro atoms. The second-order valence-corrected chi connectivity index (χ2v) is 7.16. The molecule has 2 aromatic rings. The van der Waals surface area contributed by atoms with Gasteiger partial charge in [0.2, 0.25) is 0 Å². The summed E-state index contributed by atoms with van der Waals surface area (Å²) in [5, 5.41) is 19.9. The quantitative estimate of drug-likeness (QED) is 0.721. The highest BCUT2D eigenvalue weighted by atomic mass is 16.5. The molecule has 0 unspecified atom stereocenters. The summed E-state index contributed by atoms with van der Waals surface area (Å²) in [6.07, 6.45) is 4.47. The van der Waals surface area contributed by atoms with Crippen molar-refractivity contribution < 1.29 is 9.84 Å². The molecular weight excluding hydrogens is 370 g/mol. The highest BCUT2D eigenvalue weighted by molar-refractivity contribution is 5.34. The third-order valence-corrected chi connectivity index (χ3v) is 5.10. The number of para-hydroxylation sites is 1. The maximum absolute atomic E-state index is 12.9. The van der Waals surface area contributed by atoms with Crippen LogP contribution in [0.4, 0.5) is 0 Å². The van der Waals surface area contributed by atoms with Gasteiger partial charge in [-0.05, 0) is 37.3 Å². The van der Waals surface area contributed by atoms with Crippen molar-refractivity contribution in [3.8, 4) is 11.8 Å². The number of aliphatic hydroxyl groups excluding tert-OH is 1. The molecule has 1 aromatic heterocycles. The zero-order valence-electron chi connectivity index (χ0n) is 16.3. The van der Waals surface area contributed by atoms with Gasteiger partial charge in [0, 0.05) is 12.2 Å². The lowest BCUT2D eigenvalue weighted by molar-refractivity contribution is 0.0895. The van der Waals surface area contributed by atoms with Gasteiger partial charge < -0.3 is 9.84 Å². The molecule has 152 valence electrons. The highest BCUT2D eigenvalue weighted by Gasteiger charge is 2.22. The number of aromatic nitrogens is 2. The molecule has 0 amide bonds. The fourth-order valence-corrected chi connectivity index (χ4v) is 3.66. The van der Waals surface area contributed by atoms with E-state index in [2.05, 4.69) is 6.58 Å². The normalized spacial score (nSPS) is 14.3. The Morgan fingerprint density at radius 1 is 1.28 bits per heavy atom. The Hall–Kier alpha value is -3.11. The van der Waals surface area contributed by atoms with Crippen molar-refractivity contribution in [1.29, 1.82) is 5.26 Å². The van der Waals surface area contributed by atoms with E-state index in [9.17, 15) is 20.0 Å².